The summed E-state index contributed by atoms with van der Waals surface area (Å²) in [6.07, 6.45) is 0.793. The standard InChI is InChI=1S/C55H37N3S/c56-55-41-17-2-1-15-36(41)28-29-47(55)54-46-22-7-12-27-52(46)59-53(54)31-35-14-13-16-37(30-35)38-32-39(57-48-23-8-3-18-42(48)43-19-4-9-24-49(43)57)34-40(33-38)58-50-25-10-5-20-44(50)45-21-6-11-26-51(45)58/h1-30,32-34H,31,56H2. The summed E-state index contributed by atoms with van der Waals surface area (Å²) in [6.45, 7) is 0. The largest absolute Gasteiger partial charge is 0.398 e. The zero-order chi connectivity index (χ0) is 39.0. The van der Waals surface area contributed by atoms with Gasteiger partial charge in [0.2, 0.25) is 0 Å². The number of benzene rings is 9. The SMILES string of the molecule is Nc1c(-c2c(Cc3cccc(-c4cc(-n5c6ccccc6c6ccccc65)cc(-n5c6ccccc6c6ccccc65)c4)c3)sc3ccccc23)ccc2ccccc12. The molecule has 0 fully saturated rings. The van der Waals surface area contributed by atoms with E-state index in [2.05, 4.69) is 209 Å². The minimum atomic E-state index is 0.793. The van der Waals surface area contributed by atoms with E-state index in [1.807, 2.05) is 11.3 Å². The molecule has 0 unspecified atom stereocenters. The average Bonchev–Trinajstić information content (AvgIpc) is 3.94. The molecule has 12 rings (SSSR count). The van der Waals surface area contributed by atoms with Crippen LogP contribution in [0.1, 0.15) is 10.4 Å². The minimum Gasteiger partial charge on any atom is -0.398 e. The normalized spacial score (nSPS) is 11.9. The fraction of sp³-hybridized carbons (Fsp3) is 0.0182. The molecule has 0 aliphatic carbocycles. The molecule has 0 bridgehead atoms. The van der Waals surface area contributed by atoms with Crippen LogP contribution >= 0.6 is 11.3 Å². The number of anilines is 1. The third-order valence-corrected chi connectivity index (χ3v) is 13.3. The fourth-order valence-electron chi connectivity index (χ4n) is 9.50. The molecule has 0 aliphatic heterocycles. The fourth-order valence-corrected chi connectivity index (χ4v) is 10.8. The molecule has 2 N–H and O–H groups in total. The van der Waals surface area contributed by atoms with Crippen molar-refractivity contribution >= 4 is 81.5 Å². The van der Waals surface area contributed by atoms with Crippen molar-refractivity contribution in [2.24, 2.45) is 0 Å². The number of aromatic nitrogens is 2. The molecule has 0 amide bonds. The molecule has 3 aromatic heterocycles. The Morgan fingerprint density at radius 3 is 1.51 bits per heavy atom. The van der Waals surface area contributed by atoms with E-state index in [-0.39, 0.29) is 0 Å². The van der Waals surface area contributed by atoms with E-state index in [4.69, 9.17) is 5.73 Å². The van der Waals surface area contributed by atoms with Crippen LogP contribution in [0.25, 0.3) is 98.1 Å². The number of thiophene rings is 1. The van der Waals surface area contributed by atoms with Crippen molar-refractivity contribution in [1.82, 2.24) is 9.13 Å². The predicted molar refractivity (Wildman–Crippen MR) is 253 cm³/mol. The van der Waals surface area contributed by atoms with E-state index in [0.717, 1.165) is 39.8 Å². The minimum absolute atomic E-state index is 0.793. The second-order valence-electron chi connectivity index (χ2n) is 15.5. The molecule has 3 heterocycles. The summed E-state index contributed by atoms with van der Waals surface area (Å²) in [6, 6.07) is 72.9. The van der Waals surface area contributed by atoms with Crippen LogP contribution in [-0.4, -0.2) is 9.13 Å². The first-order valence-corrected chi connectivity index (χ1v) is 21.0. The van der Waals surface area contributed by atoms with Crippen molar-refractivity contribution in [2.75, 3.05) is 5.73 Å². The van der Waals surface area contributed by atoms with Crippen LogP contribution in [0.3, 0.4) is 0 Å². The highest BCUT2D eigenvalue weighted by molar-refractivity contribution is 7.19. The monoisotopic (exact) mass is 771 g/mol. The van der Waals surface area contributed by atoms with E-state index in [0.29, 0.717) is 0 Å². The predicted octanol–water partition coefficient (Wildman–Crippen LogP) is 14.8. The molecular weight excluding hydrogens is 735 g/mol. The zero-order valence-electron chi connectivity index (χ0n) is 32.1. The molecule has 59 heavy (non-hydrogen) atoms. The van der Waals surface area contributed by atoms with Crippen molar-refractivity contribution in [1.29, 1.82) is 0 Å². The van der Waals surface area contributed by atoms with Crippen LogP contribution in [-0.2, 0) is 6.42 Å². The molecule has 0 aliphatic rings. The zero-order valence-corrected chi connectivity index (χ0v) is 33.0. The van der Waals surface area contributed by atoms with Crippen LogP contribution in [0.4, 0.5) is 5.69 Å². The third-order valence-electron chi connectivity index (χ3n) is 12.1. The molecule has 278 valence electrons. The van der Waals surface area contributed by atoms with Crippen molar-refractivity contribution in [2.45, 2.75) is 6.42 Å². The van der Waals surface area contributed by atoms with E-state index in [1.54, 1.807) is 0 Å². The van der Waals surface area contributed by atoms with Gasteiger partial charge < -0.3 is 14.9 Å². The summed E-state index contributed by atoms with van der Waals surface area (Å²) < 4.78 is 6.15. The number of hydrogen-bond acceptors (Lipinski definition) is 2. The molecule has 0 spiro atoms. The van der Waals surface area contributed by atoms with Crippen molar-refractivity contribution < 1.29 is 0 Å². The van der Waals surface area contributed by atoms with Gasteiger partial charge in [0.15, 0.2) is 0 Å². The Labute approximate surface area is 345 Å². The molecule has 0 saturated heterocycles. The Hall–Kier alpha value is -7.40. The van der Waals surface area contributed by atoms with Gasteiger partial charge in [-0.2, -0.15) is 0 Å². The lowest BCUT2D eigenvalue weighted by atomic mass is 9.94. The van der Waals surface area contributed by atoms with E-state index in [9.17, 15) is 0 Å². The third kappa shape index (κ3) is 5.34. The van der Waals surface area contributed by atoms with Crippen molar-refractivity contribution in [3.63, 3.8) is 0 Å². The van der Waals surface area contributed by atoms with Gasteiger partial charge in [0.25, 0.3) is 0 Å². The molecule has 3 nitrogen and oxygen atoms in total. The van der Waals surface area contributed by atoms with Gasteiger partial charge in [0.1, 0.15) is 0 Å². The summed E-state index contributed by atoms with van der Waals surface area (Å²) in [5.74, 6) is 0. The number of nitrogens with zero attached hydrogens (tertiary/aromatic N) is 2. The summed E-state index contributed by atoms with van der Waals surface area (Å²) in [5, 5.41) is 8.50. The highest BCUT2D eigenvalue weighted by Gasteiger charge is 2.20. The number of para-hydroxylation sites is 4. The second kappa shape index (κ2) is 13.3. The number of rotatable bonds is 6. The van der Waals surface area contributed by atoms with Gasteiger partial charge in [0.05, 0.1) is 22.1 Å². The molecule has 9 aromatic carbocycles. The lowest BCUT2D eigenvalue weighted by molar-refractivity contribution is 1.13. The molecule has 0 atom stereocenters. The van der Waals surface area contributed by atoms with E-state index >= 15 is 0 Å². The second-order valence-corrected chi connectivity index (χ2v) is 16.6. The van der Waals surface area contributed by atoms with Crippen LogP contribution in [0.5, 0.6) is 0 Å². The maximum atomic E-state index is 7.01. The number of fused-ring (bicyclic) bond motifs is 8. The smallest absolute Gasteiger partial charge is 0.0541 e. The van der Waals surface area contributed by atoms with Gasteiger partial charge >= 0.3 is 0 Å². The Bertz CT molecular complexity index is 3380. The van der Waals surface area contributed by atoms with Gasteiger partial charge in [-0.05, 0) is 70.6 Å². The Morgan fingerprint density at radius 1 is 0.407 bits per heavy atom. The van der Waals surface area contributed by atoms with Gasteiger partial charge in [0, 0.05) is 76.5 Å². The van der Waals surface area contributed by atoms with Gasteiger partial charge in [-0.25, -0.2) is 0 Å². The van der Waals surface area contributed by atoms with Gasteiger partial charge in [-0.3, -0.25) is 0 Å². The van der Waals surface area contributed by atoms with Crippen LogP contribution < -0.4 is 5.73 Å². The maximum Gasteiger partial charge on any atom is 0.0541 e. The Kier molecular flexibility index (Phi) is 7.62. The molecular formula is C55H37N3S. The van der Waals surface area contributed by atoms with Crippen LogP contribution in [0.15, 0.2) is 200 Å². The highest BCUT2D eigenvalue weighted by Crippen LogP contribution is 2.44. The lowest BCUT2D eigenvalue weighted by Crippen LogP contribution is -2.00. The molecule has 4 heteroatoms. The van der Waals surface area contributed by atoms with E-state index in [1.165, 1.54) is 80.8 Å². The molecule has 0 saturated carbocycles. The van der Waals surface area contributed by atoms with E-state index < -0.39 is 0 Å². The van der Waals surface area contributed by atoms with Gasteiger partial charge in [-0.15, -0.1) is 11.3 Å². The number of hydrogen-bond donors (Lipinski definition) is 1. The Balaban J connectivity index is 1.06. The molecule has 0 radical (unpaired) electrons. The summed E-state index contributed by atoms with van der Waals surface area (Å²) in [7, 11) is 0. The first kappa shape index (κ1) is 33.7. The first-order chi connectivity index (χ1) is 29.2. The quantitative estimate of drug-likeness (QED) is 0.168. The molecule has 12 aromatic rings. The number of nitrogens with two attached hydrogens (primary N) is 1. The highest BCUT2D eigenvalue weighted by atomic mass is 32.1. The van der Waals surface area contributed by atoms with Crippen molar-refractivity contribution in [3.8, 4) is 33.6 Å². The maximum absolute atomic E-state index is 7.01. The average molecular weight is 772 g/mol. The summed E-state index contributed by atoms with van der Waals surface area (Å²) in [4.78, 5) is 1.32. The van der Waals surface area contributed by atoms with Crippen LogP contribution in [0.2, 0.25) is 0 Å². The van der Waals surface area contributed by atoms with Gasteiger partial charge in [-0.1, -0.05) is 152 Å². The summed E-state index contributed by atoms with van der Waals surface area (Å²) in [5.41, 5.74) is 20.8. The van der Waals surface area contributed by atoms with Crippen molar-refractivity contribution in [3.05, 3.63) is 211 Å². The topological polar surface area (TPSA) is 35.9 Å². The Morgan fingerprint density at radius 2 is 0.915 bits per heavy atom. The first-order valence-electron chi connectivity index (χ1n) is 20.2. The summed E-state index contributed by atoms with van der Waals surface area (Å²) >= 11 is 1.87. The van der Waals surface area contributed by atoms with Crippen LogP contribution in [0, 0.1) is 0 Å². The lowest BCUT2D eigenvalue weighted by Gasteiger charge is -2.16. The number of nitrogen functional groups attached to an aromatic ring is 1.